The van der Waals surface area contributed by atoms with Gasteiger partial charge in [-0.05, 0) is 57.9 Å². The van der Waals surface area contributed by atoms with Gasteiger partial charge in [-0.1, -0.05) is 0 Å². The number of rotatable bonds is 7. The summed E-state index contributed by atoms with van der Waals surface area (Å²) in [5, 5.41) is 3.19. The van der Waals surface area contributed by atoms with E-state index in [4.69, 9.17) is 9.47 Å². The van der Waals surface area contributed by atoms with Gasteiger partial charge in [-0.2, -0.15) is 0 Å². The van der Waals surface area contributed by atoms with E-state index in [1.165, 1.54) is 22.6 Å². The smallest absolute Gasteiger partial charge is 0.341 e. The summed E-state index contributed by atoms with van der Waals surface area (Å²) in [6.45, 7) is 3.96. The number of amides is 1. The van der Waals surface area contributed by atoms with Gasteiger partial charge in [0.15, 0.2) is 6.10 Å². The van der Waals surface area contributed by atoms with Crippen molar-refractivity contribution in [2.75, 3.05) is 31.3 Å². The SMILES string of the molecule is CCOC(=O)c1c(NC(=O)C(C)OC(=O)C2CCN(S(C)(=O)=O)CC2)sc2c1CCCC2. The van der Waals surface area contributed by atoms with Gasteiger partial charge in [0.25, 0.3) is 5.91 Å². The Kier molecular flexibility index (Phi) is 7.94. The average molecular weight is 487 g/mol. The number of piperidine rings is 1. The number of hydrogen-bond acceptors (Lipinski definition) is 8. The van der Waals surface area contributed by atoms with Crippen LogP contribution >= 0.6 is 11.3 Å². The Morgan fingerprint density at radius 2 is 1.84 bits per heavy atom. The zero-order valence-corrected chi connectivity index (χ0v) is 20.3. The predicted molar refractivity (Wildman–Crippen MR) is 120 cm³/mol. The largest absolute Gasteiger partial charge is 0.462 e. The lowest BCUT2D eigenvalue weighted by Crippen LogP contribution is -2.41. The molecule has 9 nitrogen and oxygen atoms in total. The van der Waals surface area contributed by atoms with Crippen LogP contribution in [0.4, 0.5) is 5.00 Å². The molecule has 0 spiro atoms. The van der Waals surface area contributed by atoms with E-state index in [-0.39, 0.29) is 19.7 Å². The van der Waals surface area contributed by atoms with Crippen molar-refractivity contribution >= 4 is 44.2 Å². The van der Waals surface area contributed by atoms with Crippen LogP contribution in [0, 0.1) is 5.92 Å². The molecule has 1 N–H and O–H groups in total. The molecule has 1 aromatic heterocycles. The van der Waals surface area contributed by atoms with Gasteiger partial charge in [0.1, 0.15) is 5.00 Å². The molecule has 11 heteroatoms. The molecule has 0 bridgehead atoms. The van der Waals surface area contributed by atoms with Crippen molar-refractivity contribution in [3.05, 3.63) is 16.0 Å². The minimum absolute atomic E-state index is 0.239. The fourth-order valence-electron chi connectivity index (χ4n) is 4.03. The van der Waals surface area contributed by atoms with Crippen LogP contribution in [0.25, 0.3) is 0 Å². The fraction of sp³-hybridized carbons (Fsp3) is 0.667. The van der Waals surface area contributed by atoms with E-state index in [1.807, 2.05) is 0 Å². The van der Waals surface area contributed by atoms with Crippen LogP contribution in [-0.4, -0.2) is 62.6 Å². The third kappa shape index (κ3) is 5.68. The van der Waals surface area contributed by atoms with Crippen LogP contribution in [0.15, 0.2) is 0 Å². The maximum Gasteiger partial charge on any atom is 0.341 e. The maximum atomic E-state index is 12.7. The Bertz CT molecular complexity index is 979. The van der Waals surface area contributed by atoms with Crippen molar-refractivity contribution in [1.82, 2.24) is 4.31 Å². The Labute approximate surface area is 192 Å². The highest BCUT2D eigenvalue weighted by Crippen LogP contribution is 2.38. The van der Waals surface area contributed by atoms with E-state index >= 15 is 0 Å². The minimum atomic E-state index is -3.28. The van der Waals surface area contributed by atoms with Crippen molar-refractivity contribution in [1.29, 1.82) is 0 Å². The van der Waals surface area contributed by atoms with Crippen molar-refractivity contribution in [2.45, 2.75) is 58.5 Å². The molecule has 1 saturated heterocycles. The summed E-state index contributed by atoms with van der Waals surface area (Å²) in [7, 11) is -3.28. The number of ether oxygens (including phenoxy) is 2. The van der Waals surface area contributed by atoms with Crippen LogP contribution in [0.2, 0.25) is 0 Å². The van der Waals surface area contributed by atoms with Gasteiger partial charge in [0.2, 0.25) is 10.0 Å². The summed E-state index contributed by atoms with van der Waals surface area (Å²) < 4.78 is 35.1. The molecule has 1 aromatic rings. The number of aryl methyl sites for hydroxylation is 1. The molecule has 0 aromatic carbocycles. The summed E-state index contributed by atoms with van der Waals surface area (Å²) in [6, 6.07) is 0. The summed E-state index contributed by atoms with van der Waals surface area (Å²) in [6.07, 6.45) is 4.45. The quantitative estimate of drug-likeness (QED) is 0.588. The first-order valence-corrected chi connectivity index (χ1v) is 13.6. The number of nitrogens with one attached hydrogen (secondary N) is 1. The first kappa shape index (κ1) is 24.7. The lowest BCUT2D eigenvalue weighted by atomic mass is 9.95. The molecular formula is C21H30N2O7S2. The predicted octanol–water partition coefficient (Wildman–Crippen LogP) is 2.35. The van der Waals surface area contributed by atoms with Crippen molar-refractivity contribution in [3.8, 4) is 0 Å². The van der Waals surface area contributed by atoms with Gasteiger partial charge >= 0.3 is 11.9 Å². The molecule has 2 aliphatic rings. The molecule has 1 atom stereocenters. The third-order valence-corrected chi connectivity index (χ3v) is 8.32. The van der Waals surface area contributed by atoms with Crippen molar-refractivity contribution in [2.24, 2.45) is 5.92 Å². The van der Waals surface area contributed by atoms with Gasteiger partial charge in [0.05, 0.1) is 24.3 Å². The number of carbonyl (C=O) groups is 3. The molecule has 1 aliphatic heterocycles. The standard InChI is InChI=1S/C21H30N2O7S2/c1-4-29-21(26)17-15-7-5-6-8-16(15)31-19(17)22-18(24)13(2)30-20(25)14-9-11-23(12-10-14)32(3,27)28/h13-14H,4-12H2,1-3H3,(H,22,24). The summed E-state index contributed by atoms with van der Waals surface area (Å²) >= 11 is 1.38. The lowest BCUT2D eigenvalue weighted by Gasteiger charge is -2.29. The average Bonchev–Trinajstić information content (AvgIpc) is 3.11. The number of hydrogen-bond donors (Lipinski definition) is 1. The molecule has 1 unspecified atom stereocenters. The Balaban J connectivity index is 1.63. The Hall–Kier alpha value is -1.98. The Morgan fingerprint density at radius 1 is 1.19 bits per heavy atom. The normalized spacial score (nSPS) is 18.5. The summed E-state index contributed by atoms with van der Waals surface area (Å²) in [5.41, 5.74) is 1.35. The highest BCUT2D eigenvalue weighted by molar-refractivity contribution is 7.88. The molecule has 1 fully saturated rings. The number of fused-ring (bicyclic) bond motifs is 1. The molecule has 1 aliphatic carbocycles. The Morgan fingerprint density at radius 3 is 2.47 bits per heavy atom. The van der Waals surface area contributed by atoms with Crippen LogP contribution < -0.4 is 5.32 Å². The van der Waals surface area contributed by atoms with E-state index < -0.39 is 39.9 Å². The third-order valence-electron chi connectivity index (χ3n) is 5.81. The molecule has 0 radical (unpaired) electrons. The van der Waals surface area contributed by atoms with Crippen LogP contribution in [-0.2, 0) is 41.9 Å². The van der Waals surface area contributed by atoms with Crippen LogP contribution in [0.5, 0.6) is 0 Å². The monoisotopic (exact) mass is 486 g/mol. The first-order valence-electron chi connectivity index (χ1n) is 10.9. The number of nitrogens with zero attached hydrogens (tertiary/aromatic N) is 1. The summed E-state index contributed by atoms with van der Waals surface area (Å²) in [5.74, 6) is -1.94. The van der Waals surface area contributed by atoms with Crippen LogP contribution in [0.3, 0.4) is 0 Å². The van der Waals surface area contributed by atoms with Gasteiger partial charge in [-0.25, -0.2) is 17.5 Å². The van der Waals surface area contributed by atoms with E-state index in [0.717, 1.165) is 42.4 Å². The molecule has 32 heavy (non-hydrogen) atoms. The second kappa shape index (κ2) is 10.3. The van der Waals surface area contributed by atoms with Gasteiger partial charge in [0, 0.05) is 18.0 Å². The van der Waals surface area contributed by atoms with Crippen LogP contribution in [0.1, 0.15) is 60.3 Å². The molecule has 1 amide bonds. The van der Waals surface area contributed by atoms with Gasteiger partial charge in [-0.15, -0.1) is 11.3 Å². The zero-order valence-electron chi connectivity index (χ0n) is 18.6. The molecule has 2 heterocycles. The van der Waals surface area contributed by atoms with E-state index in [9.17, 15) is 22.8 Å². The topological polar surface area (TPSA) is 119 Å². The summed E-state index contributed by atoms with van der Waals surface area (Å²) in [4.78, 5) is 38.9. The molecule has 3 rings (SSSR count). The highest BCUT2D eigenvalue weighted by Gasteiger charge is 2.33. The van der Waals surface area contributed by atoms with Crippen molar-refractivity contribution < 1.29 is 32.3 Å². The number of anilines is 1. The van der Waals surface area contributed by atoms with Gasteiger partial charge in [-0.3, -0.25) is 9.59 Å². The molecule has 0 saturated carbocycles. The number of esters is 2. The van der Waals surface area contributed by atoms with E-state index in [1.54, 1.807) is 6.92 Å². The highest BCUT2D eigenvalue weighted by atomic mass is 32.2. The van der Waals surface area contributed by atoms with Crippen molar-refractivity contribution in [3.63, 3.8) is 0 Å². The zero-order chi connectivity index (χ0) is 23.5. The van der Waals surface area contributed by atoms with Gasteiger partial charge < -0.3 is 14.8 Å². The fourth-order valence-corrected chi connectivity index (χ4v) is 6.19. The molecule has 178 valence electrons. The first-order chi connectivity index (χ1) is 15.1. The number of carbonyl (C=O) groups excluding carboxylic acids is 3. The number of sulfonamides is 1. The lowest BCUT2D eigenvalue weighted by molar-refractivity contribution is -0.158. The molecular weight excluding hydrogens is 456 g/mol. The van der Waals surface area contributed by atoms with E-state index in [0.29, 0.717) is 23.4 Å². The number of thiophene rings is 1. The maximum absolute atomic E-state index is 12.7. The van der Waals surface area contributed by atoms with E-state index in [2.05, 4.69) is 5.32 Å². The second-order valence-electron chi connectivity index (χ2n) is 8.14. The second-order valence-corrected chi connectivity index (χ2v) is 11.2. The minimum Gasteiger partial charge on any atom is -0.462 e.